The number of hydrogen-bond acceptors (Lipinski definition) is 3. The van der Waals surface area contributed by atoms with E-state index >= 15 is 0 Å². The van der Waals surface area contributed by atoms with E-state index in [-0.39, 0.29) is 17.9 Å². The molecule has 0 bridgehead atoms. The topological polar surface area (TPSA) is 55.4 Å². The van der Waals surface area contributed by atoms with Crippen LogP contribution in [0.3, 0.4) is 0 Å². The summed E-state index contributed by atoms with van der Waals surface area (Å²) in [7, 11) is -0.816. The first-order valence-electron chi connectivity index (χ1n) is 9.06. The molecule has 1 aromatic rings. The quantitative estimate of drug-likeness (QED) is 0.818. The van der Waals surface area contributed by atoms with Gasteiger partial charge in [-0.1, -0.05) is 31.4 Å². The molecule has 0 radical (unpaired) electrons. The van der Waals surface area contributed by atoms with Gasteiger partial charge in [0.1, 0.15) is 0 Å². The Bertz CT molecular complexity index is 598. The third-order valence-corrected chi connectivity index (χ3v) is 6.71. The fourth-order valence-corrected chi connectivity index (χ4v) is 5.03. The molecule has 2 saturated carbocycles. The van der Waals surface area contributed by atoms with Crippen LogP contribution < -0.4 is 5.32 Å². The zero-order valence-electron chi connectivity index (χ0n) is 14.3. The predicted molar refractivity (Wildman–Crippen MR) is 97.3 cm³/mol. The summed E-state index contributed by atoms with van der Waals surface area (Å²) in [4.78, 5) is 12.2. The van der Waals surface area contributed by atoms with Crippen molar-refractivity contribution in [3.05, 3.63) is 29.8 Å². The Balaban J connectivity index is 1.54. The van der Waals surface area contributed by atoms with Gasteiger partial charge in [-0.3, -0.25) is 9.00 Å². The summed E-state index contributed by atoms with van der Waals surface area (Å²) in [6.07, 6.45) is 6.75. The highest BCUT2D eigenvalue weighted by atomic mass is 32.2. The molecule has 132 valence electrons. The van der Waals surface area contributed by atoms with Crippen LogP contribution in [-0.4, -0.2) is 28.1 Å². The number of carbonyl (C=O) groups is 1. The zero-order chi connectivity index (χ0) is 16.9. The number of carbonyl (C=O) groups excluding carboxylic acids is 1. The number of hydrogen-bond donors (Lipinski definition) is 1. The third-order valence-electron chi connectivity index (χ3n) is 4.88. The van der Waals surface area contributed by atoms with Crippen LogP contribution in [-0.2, 0) is 26.1 Å². The Morgan fingerprint density at radius 2 is 2.08 bits per heavy atom. The second kappa shape index (κ2) is 8.26. The van der Waals surface area contributed by atoms with Gasteiger partial charge in [0.15, 0.2) is 0 Å². The largest absolute Gasteiger partial charge is 0.378 e. The highest BCUT2D eigenvalue weighted by molar-refractivity contribution is 7.84. The molecular formula is C19H27NO3S. The maximum absolute atomic E-state index is 12.5. The number of nitrogens with one attached hydrogen (secondary N) is 1. The molecule has 1 amide bonds. The van der Waals surface area contributed by atoms with Crippen LogP contribution in [0.5, 0.6) is 0 Å². The van der Waals surface area contributed by atoms with Gasteiger partial charge < -0.3 is 10.1 Å². The lowest BCUT2D eigenvalue weighted by molar-refractivity contribution is -0.118. The first kappa shape index (κ1) is 17.6. The maximum atomic E-state index is 12.5. The Hall–Kier alpha value is -1.20. The standard InChI is InChI=1S/C19H27NO3S/c1-2-23-18-12-17(18)19(21)20-15-8-6-7-14(11-15)13-24(22)16-9-4-3-5-10-16/h6-8,11,16-18H,2-5,9-10,12-13H2,1H3,(H,20,21)/t17-,18-,24-/m1/s1. The molecule has 0 saturated heterocycles. The first-order chi connectivity index (χ1) is 11.7. The van der Waals surface area contributed by atoms with Crippen LogP contribution in [0.1, 0.15) is 51.0 Å². The van der Waals surface area contributed by atoms with E-state index in [9.17, 15) is 9.00 Å². The lowest BCUT2D eigenvalue weighted by Gasteiger charge is -2.21. The summed E-state index contributed by atoms with van der Waals surface area (Å²) >= 11 is 0. The van der Waals surface area contributed by atoms with Crippen LogP contribution in [0.2, 0.25) is 0 Å². The average Bonchev–Trinajstić information content (AvgIpc) is 3.36. The SMILES string of the molecule is CCO[C@@H]1C[C@H]1C(=O)Nc1cccc(C[S@@](=O)C2CCCCC2)c1. The molecule has 0 heterocycles. The van der Waals surface area contributed by atoms with E-state index in [1.807, 2.05) is 31.2 Å². The van der Waals surface area contributed by atoms with Crippen LogP contribution >= 0.6 is 0 Å². The van der Waals surface area contributed by atoms with Crippen molar-refractivity contribution in [2.45, 2.75) is 62.6 Å². The van der Waals surface area contributed by atoms with Crippen molar-refractivity contribution >= 4 is 22.4 Å². The van der Waals surface area contributed by atoms with Gasteiger partial charge in [-0.05, 0) is 43.9 Å². The van der Waals surface area contributed by atoms with Crippen LogP contribution in [0, 0.1) is 5.92 Å². The van der Waals surface area contributed by atoms with Gasteiger partial charge in [-0.2, -0.15) is 0 Å². The van der Waals surface area contributed by atoms with Crippen molar-refractivity contribution in [1.82, 2.24) is 0 Å². The molecule has 24 heavy (non-hydrogen) atoms. The Kier molecular flexibility index (Phi) is 6.06. The predicted octanol–water partition coefficient (Wildman–Crippen LogP) is 3.63. The van der Waals surface area contributed by atoms with E-state index in [4.69, 9.17) is 4.74 Å². The number of rotatable bonds is 7. The molecular weight excluding hydrogens is 322 g/mol. The van der Waals surface area contributed by atoms with Crippen molar-refractivity contribution in [2.75, 3.05) is 11.9 Å². The van der Waals surface area contributed by atoms with E-state index in [1.165, 1.54) is 19.3 Å². The van der Waals surface area contributed by atoms with E-state index in [0.29, 0.717) is 17.6 Å². The molecule has 0 spiro atoms. The summed E-state index contributed by atoms with van der Waals surface area (Å²) in [6.45, 7) is 2.60. The van der Waals surface area contributed by atoms with Crippen LogP contribution in [0.25, 0.3) is 0 Å². The second-order valence-electron chi connectivity index (χ2n) is 6.81. The van der Waals surface area contributed by atoms with Gasteiger partial charge in [0.25, 0.3) is 0 Å². The third kappa shape index (κ3) is 4.67. The van der Waals surface area contributed by atoms with Gasteiger partial charge >= 0.3 is 0 Å². The van der Waals surface area contributed by atoms with E-state index in [0.717, 1.165) is 30.5 Å². The highest BCUT2D eigenvalue weighted by Gasteiger charge is 2.43. The number of anilines is 1. The molecule has 0 aromatic heterocycles. The van der Waals surface area contributed by atoms with Gasteiger partial charge in [-0.25, -0.2) is 0 Å². The summed E-state index contributed by atoms with van der Waals surface area (Å²) in [5.41, 5.74) is 1.83. The second-order valence-corrected chi connectivity index (χ2v) is 8.53. The summed E-state index contributed by atoms with van der Waals surface area (Å²) < 4.78 is 18.0. The Morgan fingerprint density at radius 1 is 1.29 bits per heavy atom. The van der Waals surface area contributed by atoms with E-state index in [2.05, 4.69) is 5.32 Å². The molecule has 3 atom stereocenters. The fraction of sp³-hybridized carbons (Fsp3) is 0.632. The minimum atomic E-state index is -0.816. The maximum Gasteiger partial charge on any atom is 0.230 e. The molecule has 3 rings (SSSR count). The fourth-order valence-electron chi connectivity index (χ4n) is 3.43. The van der Waals surface area contributed by atoms with Crippen molar-refractivity contribution in [3.63, 3.8) is 0 Å². The van der Waals surface area contributed by atoms with Gasteiger partial charge in [0.05, 0.1) is 12.0 Å². The molecule has 2 aliphatic carbocycles. The van der Waals surface area contributed by atoms with Crippen molar-refractivity contribution in [1.29, 1.82) is 0 Å². The van der Waals surface area contributed by atoms with Crippen molar-refractivity contribution in [2.24, 2.45) is 5.92 Å². The summed E-state index contributed by atoms with van der Waals surface area (Å²) in [6, 6.07) is 7.77. The summed E-state index contributed by atoms with van der Waals surface area (Å²) in [5, 5.41) is 3.31. The van der Waals surface area contributed by atoms with E-state index < -0.39 is 10.8 Å². The Labute approximate surface area is 146 Å². The number of amides is 1. The average molecular weight is 349 g/mol. The number of benzene rings is 1. The molecule has 1 aromatic carbocycles. The molecule has 2 aliphatic rings. The molecule has 5 heteroatoms. The zero-order valence-corrected chi connectivity index (χ0v) is 15.1. The van der Waals surface area contributed by atoms with E-state index in [1.54, 1.807) is 0 Å². The number of ether oxygens (including phenoxy) is 1. The van der Waals surface area contributed by atoms with Crippen LogP contribution in [0.15, 0.2) is 24.3 Å². The van der Waals surface area contributed by atoms with Crippen LogP contribution in [0.4, 0.5) is 5.69 Å². The molecule has 0 unspecified atom stereocenters. The van der Waals surface area contributed by atoms with Gasteiger partial charge in [0, 0.05) is 34.1 Å². The smallest absolute Gasteiger partial charge is 0.230 e. The normalized spacial score (nSPS) is 25.2. The minimum absolute atomic E-state index is 0.0232. The molecule has 4 nitrogen and oxygen atoms in total. The van der Waals surface area contributed by atoms with Gasteiger partial charge in [0.2, 0.25) is 5.91 Å². The Morgan fingerprint density at radius 3 is 2.83 bits per heavy atom. The first-order valence-corrected chi connectivity index (χ1v) is 10.4. The minimum Gasteiger partial charge on any atom is -0.378 e. The monoisotopic (exact) mass is 349 g/mol. The summed E-state index contributed by atoms with van der Waals surface area (Å²) in [5.74, 6) is 0.586. The lowest BCUT2D eigenvalue weighted by Crippen LogP contribution is -2.20. The molecule has 0 aliphatic heterocycles. The molecule has 1 N–H and O–H groups in total. The highest BCUT2D eigenvalue weighted by Crippen LogP contribution is 2.34. The molecule has 2 fully saturated rings. The van der Waals surface area contributed by atoms with Crippen molar-refractivity contribution < 1.29 is 13.7 Å². The van der Waals surface area contributed by atoms with Gasteiger partial charge in [-0.15, -0.1) is 0 Å². The van der Waals surface area contributed by atoms with Crippen molar-refractivity contribution in [3.8, 4) is 0 Å². The lowest BCUT2D eigenvalue weighted by atomic mass is 10.0.